The topological polar surface area (TPSA) is 38.3 Å². The standard InChI is InChI=1S/C16H12Cl2FNO2/c1-2-16(21)20-12-4-6-15(14(19)8-12)22-9-10-7-11(17)3-5-13(10)18/h2-8H,1,9H2,(H,20,21). The monoisotopic (exact) mass is 339 g/mol. The van der Waals surface area contributed by atoms with E-state index in [1.54, 1.807) is 18.2 Å². The first-order valence-electron chi connectivity index (χ1n) is 6.29. The lowest BCUT2D eigenvalue weighted by Crippen LogP contribution is -2.07. The lowest BCUT2D eigenvalue weighted by atomic mass is 10.2. The smallest absolute Gasteiger partial charge is 0.247 e. The number of nitrogens with one attached hydrogen (secondary N) is 1. The summed E-state index contributed by atoms with van der Waals surface area (Å²) in [6.45, 7) is 3.40. The molecular weight excluding hydrogens is 328 g/mol. The molecule has 6 heteroatoms. The van der Waals surface area contributed by atoms with Crippen molar-refractivity contribution >= 4 is 34.8 Å². The van der Waals surface area contributed by atoms with Gasteiger partial charge in [-0.15, -0.1) is 0 Å². The fourth-order valence-electron chi connectivity index (χ4n) is 1.70. The van der Waals surface area contributed by atoms with E-state index in [0.717, 1.165) is 12.1 Å². The normalized spacial score (nSPS) is 10.1. The predicted octanol–water partition coefficient (Wildman–Crippen LogP) is 4.84. The lowest BCUT2D eigenvalue weighted by Gasteiger charge is -2.10. The van der Waals surface area contributed by atoms with Gasteiger partial charge in [-0.05, 0) is 36.4 Å². The highest BCUT2D eigenvalue weighted by atomic mass is 35.5. The summed E-state index contributed by atoms with van der Waals surface area (Å²) < 4.78 is 19.3. The average Bonchev–Trinajstić information content (AvgIpc) is 2.49. The van der Waals surface area contributed by atoms with E-state index < -0.39 is 11.7 Å². The van der Waals surface area contributed by atoms with Crippen LogP contribution in [0.4, 0.5) is 10.1 Å². The van der Waals surface area contributed by atoms with Crippen LogP contribution in [0.25, 0.3) is 0 Å². The third-order valence-corrected chi connectivity index (χ3v) is 3.38. The molecule has 0 aliphatic rings. The van der Waals surface area contributed by atoms with Gasteiger partial charge in [0.15, 0.2) is 11.6 Å². The van der Waals surface area contributed by atoms with E-state index in [1.807, 2.05) is 0 Å². The van der Waals surface area contributed by atoms with Gasteiger partial charge in [0.25, 0.3) is 0 Å². The van der Waals surface area contributed by atoms with Gasteiger partial charge < -0.3 is 10.1 Å². The molecular formula is C16H12Cl2FNO2. The highest BCUT2D eigenvalue weighted by molar-refractivity contribution is 6.33. The zero-order chi connectivity index (χ0) is 16.1. The van der Waals surface area contributed by atoms with Crippen molar-refractivity contribution in [1.29, 1.82) is 0 Å². The van der Waals surface area contributed by atoms with Crippen LogP contribution >= 0.6 is 23.2 Å². The van der Waals surface area contributed by atoms with Gasteiger partial charge in [-0.1, -0.05) is 29.8 Å². The number of rotatable bonds is 5. The summed E-state index contributed by atoms with van der Waals surface area (Å²) >= 11 is 11.9. The number of anilines is 1. The summed E-state index contributed by atoms with van der Waals surface area (Å²) in [6.07, 6.45) is 1.10. The molecule has 2 aromatic rings. The molecule has 0 bridgehead atoms. The van der Waals surface area contributed by atoms with Gasteiger partial charge in [0.1, 0.15) is 6.61 Å². The van der Waals surface area contributed by atoms with E-state index in [2.05, 4.69) is 11.9 Å². The molecule has 0 unspecified atom stereocenters. The summed E-state index contributed by atoms with van der Waals surface area (Å²) in [4.78, 5) is 11.1. The van der Waals surface area contributed by atoms with E-state index in [9.17, 15) is 9.18 Å². The second-order valence-corrected chi connectivity index (χ2v) is 5.21. The number of carbonyl (C=O) groups excluding carboxylic acids is 1. The number of halogens is 3. The minimum atomic E-state index is -0.597. The van der Waals surface area contributed by atoms with Gasteiger partial charge in [0.2, 0.25) is 5.91 Å². The minimum Gasteiger partial charge on any atom is -0.486 e. The number of ether oxygens (including phenoxy) is 1. The Hall–Kier alpha value is -2.04. The molecule has 1 N–H and O–H groups in total. The van der Waals surface area contributed by atoms with E-state index in [1.165, 1.54) is 12.1 Å². The maximum atomic E-state index is 13.9. The molecule has 2 rings (SSSR count). The third kappa shape index (κ3) is 4.23. The second-order valence-electron chi connectivity index (χ2n) is 4.36. The van der Waals surface area contributed by atoms with E-state index in [4.69, 9.17) is 27.9 Å². The van der Waals surface area contributed by atoms with Crippen LogP contribution < -0.4 is 10.1 Å². The van der Waals surface area contributed by atoms with Crippen molar-refractivity contribution in [2.24, 2.45) is 0 Å². The van der Waals surface area contributed by atoms with Crippen LogP contribution in [0.3, 0.4) is 0 Å². The molecule has 0 fully saturated rings. The Morgan fingerprint density at radius 3 is 2.73 bits per heavy atom. The minimum absolute atomic E-state index is 0.0487. The number of amides is 1. The third-order valence-electron chi connectivity index (χ3n) is 2.78. The molecule has 0 atom stereocenters. The van der Waals surface area contributed by atoms with E-state index >= 15 is 0 Å². The first-order chi connectivity index (χ1) is 10.5. The van der Waals surface area contributed by atoms with Crippen LogP contribution in [0.1, 0.15) is 5.56 Å². The van der Waals surface area contributed by atoms with Crippen molar-refractivity contribution in [2.75, 3.05) is 5.32 Å². The van der Waals surface area contributed by atoms with Crippen molar-refractivity contribution in [3.8, 4) is 5.75 Å². The summed E-state index contributed by atoms with van der Waals surface area (Å²) in [5.41, 5.74) is 0.966. The highest BCUT2D eigenvalue weighted by Crippen LogP contribution is 2.25. The molecule has 114 valence electrons. The molecule has 0 radical (unpaired) electrons. The van der Waals surface area contributed by atoms with Gasteiger partial charge in [-0.2, -0.15) is 0 Å². The molecule has 22 heavy (non-hydrogen) atoms. The maximum absolute atomic E-state index is 13.9. The van der Waals surface area contributed by atoms with Crippen molar-refractivity contribution in [2.45, 2.75) is 6.61 Å². The molecule has 2 aromatic carbocycles. The van der Waals surface area contributed by atoms with Gasteiger partial charge in [-0.3, -0.25) is 4.79 Å². The Balaban J connectivity index is 2.08. The molecule has 1 amide bonds. The second kappa shape index (κ2) is 7.29. The zero-order valence-electron chi connectivity index (χ0n) is 11.4. The summed E-state index contributed by atoms with van der Waals surface area (Å²) in [6, 6.07) is 9.07. The lowest BCUT2D eigenvalue weighted by molar-refractivity contribution is -0.111. The van der Waals surface area contributed by atoms with Crippen molar-refractivity contribution < 1.29 is 13.9 Å². The Morgan fingerprint density at radius 1 is 1.27 bits per heavy atom. The Labute approximate surface area is 137 Å². The molecule has 0 aliphatic heterocycles. The quantitative estimate of drug-likeness (QED) is 0.792. The molecule has 0 saturated heterocycles. The van der Waals surface area contributed by atoms with Crippen LogP contribution in [-0.4, -0.2) is 5.91 Å². The molecule has 3 nitrogen and oxygen atoms in total. The van der Waals surface area contributed by atoms with Crippen LogP contribution in [-0.2, 0) is 11.4 Å². The van der Waals surface area contributed by atoms with Gasteiger partial charge >= 0.3 is 0 Å². The molecule has 0 spiro atoms. The van der Waals surface area contributed by atoms with Crippen LogP contribution in [0.2, 0.25) is 10.0 Å². The van der Waals surface area contributed by atoms with Crippen LogP contribution in [0.5, 0.6) is 5.75 Å². The van der Waals surface area contributed by atoms with E-state index in [0.29, 0.717) is 21.3 Å². The summed E-state index contributed by atoms with van der Waals surface area (Å²) in [5, 5.41) is 3.46. The van der Waals surface area contributed by atoms with Crippen LogP contribution in [0.15, 0.2) is 49.1 Å². The first kappa shape index (κ1) is 16.3. The zero-order valence-corrected chi connectivity index (χ0v) is 12.9. The Kier molecular flexibility index (Phi) is 5.41. The van der Waals surface area contributed by atoms with E-state index in [-0.39, 0.29) is 12.4 Å². The number of carbonyl (C=O) groups is 1. The first-order valence-corrected chi connectivity index (χ1v) is 7.05. The molecule has 0 heterocycles. The maximum Gasteiger partial charge on any atom is 0.247 e. The van der Waals surface area contributed by atoms with Crippen LogP contribution in [0, 0.1) is 5.82 Å². The summed E-state index contributed by atoms with van der Waals surface area (Å²) in [5.74, 6) is -0.966. The molecule has 0 aromatic heterocycles. The number of hydrogen-bond donors (Lipinski definition) is 1. The Bertz CT molecular complexity index is 719. The molecule has 0 saturated carbocycles. The largest absolute Gasteiger partial charge is 0.486 e. The SMILES string of the molecule is C=CC(=O)Nc1ccc(OCc2cc(Cl)ccc2Cl)c(F)c1. The highest BCUT2D eigenvalue weighted by Gasteiger charge is 2.08. The number of hydrogen-bond acceptors (Lipinski definition) is 2. The van der Waals surface area contributed by atoms with Crippen molar-refractivity contribution in [3.63, 3.8) is 0 Å². The van der Waals surface area contributed by atoms with Gasteiger partial charge in [0, 0.05) is 27.4 Å². The summed E-state index contributed by atoms with van der Waals surface area (Å²) in [7, 11) is 0. The number of benzene rings is 2. The predicted molar refractivity (Wildman–Crippen MR) is 86.0 cm³/mol. The van der Waals surface area contributed by atoms with Crippen molar-refractivity contribution in [1.82, 2.24) is 0 Å². The van der Waals surface area contributed by atoms with Gasteiger partial charge in [0.05, 0.1) is 0 Å². The van der Waals surface area contributed by atoms with Crippen molar-refractivity contribution in [3.05, 3.63) is 70.5 Å². The Morgan fingerprint density at radius 2 is 2.05 bits per heavy atom. The van der Waals surface area contributed by atoms with Gasteiger partial charge in [-0.25, -0.2) is 4.39 Å². The fourth-order valence-corrected chi connectivity index (χ4v) is 2.07. The average molecular weight is 340 g/mol. The fraction of sp³-hybridized carbons (Fsp3) is 0.0625. The molecule has 0 aliphatic carbocycles.